The van der Waals surface area contributed by atoms with Gasteiger partial charge in [0, 0.05) is 26.4 Å². The van der Waals surface area contributed by atoms with Crippen molar-refractivity contribution in [3.8, 4) is 11.8 Å². The number of nitriles is 1. The minimum atomic E-state index is -0.357. The van der Waals surface area contributed by atoms with Crippen LogP contribution < -0.4 is 15.6 Å². The number of aromatic nitrogens is 1. The van der Waals surface area contributed by atoms with Crippen LogP contribution in [0.3, 0.4) is 0 Å². The van der Waals surface area contributed by atoms with Gasteiger partial charge in [-0.2, -0.15) is 5.26 Å². The fourth-order valence-electron chi connectivity index (χ4n) is 1.59. The molecular formula is C14H19N3O4. The number of carbonyl (C=O) groups is 1. The highest BCUT2D eigenvalue weighted by Crippen LogP contribution is 2.04. The minimum Gasteiger partial charge on any atom is -0.478 e. The van der Waals surface area contributed by atoms with Gasteiger partial charge in [0.15, 0.2) is 12.4 Å². The van der Waals surface area contributed by atoms with Crippen molar-refractivity contribution in [1.29, 1.82) is 5.26 Å². The molecule has 1 aromatic heterocycles. The Balaban J connectivity index is 2.60. The number of amides is 1. The number of rotatable bonds is 8. The highest BCUT2D eigenvalue weighted by atomic mass is 16.5. The zero-order valence-electron chi connectivity index (χ0n) is 12.2. The average Bonchev–Trinajstić information content (AvgIpc) is 2.48. The fraction of sp³-hybridized carbons (Fsp3) is 0.500. The molecule has 0 spiro atoms. The fourth-order valence-corrected chi connectivity index (χ4v) is 1.59. The Morgan fingerprint density at radius 1 is 1.57 bits per heavy atom. The molecule has 7 heteroatoms. The summed E-state index contributed by atoms with van der Waals surface area (Å²) in [5.41, 5.74) is -0.357. The first-order chi connectivity index (χ1) is 10.1. The van der Waals surface area contributed by atoms with Crippen molar-refractivity contribution >= 4 is 5.91 Å². The van der Waals surface area contributed by atoms with Crippen molar-refractivity contribution in [2.24, 2.45) is 5.92 Å². The van der Waals surface area contributed by atoms with Gasteiger partial charge in [-0.05, 0) is 19.1 Å². The molecule has 0 aliphatic heterocycles. The van der Waals surface area contributed by atoms with Crippen molar-refractivity contribution < 1.29 is 14.3 Å². The molecule has 1 unspecified atom stereocenters. The molecule has 0 saturated heterocycles. The van der Waals surface area contributed by atoms with Gasteiger partial charge >= 0.3 is 0 Å². The monoisotopic (exact) mass is 293 g/mol. The lowest BCUT2D eigenvalue weighted by atomic mass is 10.2. The molecule has 1 amide bonds. The molecule has 1 N–H and O–H groups in total. The molecule has 0 aliphatic rings. The third-order valence-electron chi connectivity index (χ3n) is 2.66. The largest absolute Gasteiger partial charge is 0.478 e. The van der Waals surface area contributed by atoms with Gasteiger partial charge in [0.1, 0.15) is 0 Å². The molecule has 1 atom stereocenters. The second kappa shape index (κ2) is 8.76. The van der Waals surface area contributed by atoms with Crippen LogP contribution in [0.4, 0.5) is 0 Å². The van der Waals surface area contributed by atoms with Crippen molar-refractivity contribution in [3.63, 3.8) is 0 Å². The van der Waals surface area contributed by atoms with E-state index < -0.39 is 0 Å². The summed E-state index contributed by atoms with van der Waals surface area (Å²) in [6, 6.07) is 5.20. The number of methoxy groups -OCH3 is 1. The summed E-state index contributed by atoms with van der Waals surface area (Å²) in [5, 5.41) is 11.4. The first-order valence-corrected chi connectivity index (χ1v) is 6.56. The molecule has 21 heavy (non-hydrogen) atoms. The maximum absolute atomic E-state index is 12.1. The summed E-state index contributed by atoms with van der Waals surface area (Å²) in [6.45, 7) is 2.57. The number of ether oxygens (including phenoxy) is 2. The van der Waals surface area contributed by atoms with E-state index in [1.54, 1.807) is 19.2 Å². The maximum atomic E-state index is 12.1. The van der Waals surface area contributed by atoms with Gasteiger partial charge < -0.3 is 19.4 Å². The van der Waals surface area contributed by atoms with Crippen LogP contribution in [-0.4, -0.2) is 37.3 Å². The van der Waals surface area contributed by atoms with Crippen molar-refractivity contribution in [3.05, 3.63) is 28.7 Å². The smallest absolute Gasteiger partial charge is 0.292 e. The molecule has 7 nitrogen and oxygen atoms in total. The zero-order valence-corrected chi connectivity index (χ0v) is 12.2. The summed E-state index contributed by atoms with van der Waals surface area (Å²) in [4.78, 5) is 23.5. The van der Waals surface area contributed by atoms with Gasteiger partial charge in [-0.15, -0.1) is 0 Å². The molecule has 0 radical (unpaired) electrons. The van der Waals surface area contributed by atoms with Gasteiger partial charge in [-0.1, -0.05) is 0 Å². The number of hydrogen-bond acceptors (Lipinski definition) is 5. The van der Waals surface area contributed by atoms with Crippen LogP contribution in [0.5, 0.6) is 5.75 Å². The van der Waals surface area contributed by atoms with Crippen LogP contribution in [0.25, 0.3) is 0 Å². The average molecular weight is 293 g/mol. The van der Waals surface area contributed by atoms with Crippen LogP contribution in [0, 0.1) is 17.2 Å². The van der Waals surface area contributed by atoms with Gasteiger partial charge in [0.2, 0.25) is 0 Å². The normalized spacial score (nSPS) is 11.5. The molecule has 0 saturated carbocycles. The summed E-state index contributed by atoms with van der Waals surface area (Å²) < 4.78 is 11.4. The Morgan fingerprint density at radius 2 is 2.33 bits per heavy atom. The summed E-state index contributed by atoms with van der Waals surface area (Å²) >= 11 is 0. The van der Waals surface area contributed by atoms with E-state index in [2.05, 4.69) is 11.4 Å². The van der Waals surface area contributed by atoms with E-state index in [-0.39, 0.29) is 36.3 Å². The molecule has 1 rings (SSSR count). The van der Waals surface area contributed by atoms with Gasteiger partial charge in [0.05, 0.1) is 18.6 Å². The topological polar surface area (TPSA) is 93.3 Å². The Hall–Kier alpha value is -2.33. The summed E-state index contributed by atoms with van der Waals surface area (Å²) in [5.74, 6) is -0.521. The number of pyridine rings is 1. The quantitative estimate of drug-likeness (QED) is 0.689. The van der Waals surface area contributed by atoms with E-state index in [4.69, 9.17) is 14.7 Å². The third-order valence-corrected chi connectivity index (χ3v) is 2.66. The van der Waals surface area contributed by atoms with Crippen LogP contribution in [-0.2, 0) is 16.1 Å². The molecule has 1 aromatic rings. The van der Waals surface area contributed by atoms with Crippen molar-refractivity contribution in [1.82, 2.24) is 9.88 Å². The molecular weight excluding hydrogens is 274 g/mol. The molecule has 0 aliphatic carbocycles. The first-order valence-electron chi connectivity index (χ1n) is 6.56. The Morgan fingerprint density at radius 3 is 3.00 bits per heavy atom. The van der Waals surface area contributed by atoms with Crippen LogP contribution in [0.1, 0.15) is 6.92 Å². The number of nitrogens with one attached hydrogen (secondary N) is 1. The van der Waals surface area contributed by atoms with E-state index in [9.17, 15) is 9.59 Å². The maximum Gasteiger partial charge on any atom is 0.292 e. The van der Waals surface area contributed by atoms with E-state index in [1.165, 1.54) is 17.7 Å². The van der Waals surface area contributed by atoms with Crippen LogP contribution in [0.2, 0.25) is 0 Å². The lowest BCUT2D eigenvalue weighted by Gasteiger charge is -2.10. The summed E-state index contributed by atoms with van der Waals surface area (Å²) in [6.07, 6.45) is 1.59. The van der Waals surface area contributed by atoms with E-state index >= 15 is 0 Å². The molecule has 0 bridgehead atoms. The lowest BCUT2D eigenvalue weighted by molar-refractivity contribution is -0.123. The molecule has 0 fully saturated rings. The second-order valence-electron chi connectivity index (χ2n) is 4.49. The Labute approximate surface area is 123 Å². The van der Waals surface area contributed by atoms with Crippen LogP contribution in [0.15, 0.2) is 23.1 Å². The van der Waals surface area contributed by atoms with Crippen molar-refractivity contribution in [2.75, 3.05) is 26.9 Å². The highest BCUT2D eigenvalue weighted by molar-refractivity contribution is 5.77. The minimum absolute atomic E-state index is 0.0875. The van der Waals surface area contributed by atoms with Gasteiger partial charge in [0.25, 0.3) is 11.5 Å². The number of nitrogens with zero attached hydrogens (tertiary/aromatic N) is 2. The second-order valence-corrected chi connectivity index (χ2v) is 4.49. The van der Waals surface area contributed by atoms with Crippen molar-refractivity contribution in [2.45, 2.75) is 13.5 Å². The lowest BCUT2D eigenvalue weighted by Crippen LogP contribution is -2.33. The number of carbonyl (C=O) groups excluding carboxylic acids is 1. The van der Waals surface area contributed by atoms with E-state index in [0.29, 0.717) is 13.2 Å². The van der Waals surface area contributed by atoms with Crippen LogP contribution >= 0.6 is 0 Å². The Bertz CT molecular complexity index is 562. The number of hydrogen-bond donors (Lipinski definition) is 1. The molecule has 1 heterocycles. The predicted molar refractivity (Wildman–Crippen MR) is 75.9 cm³/mol. The third kappa shape index (κ3) is 5.67. The standard InChI is InChI=1S/C14H19N3O4/c1-11(8-15)9-17-6-3-4-12(14(17)19)21-10-13(18)16-5-7-20-2/h3-4,6,11H,5,7,9-10H2,1-2H3,(H,16,18). The van der Waals surface area contributed by atoms with E-state index in [1.807, 2.05) is 0 Å². The SMILES string of the molecule is COCCNC(=O)COc1cccn(CC(C)C#N)c1=O. The first kappa shape index (κ1) is 16.7. The Kier molecular flexibility index (Phi) is 6.98. The van der Waals surface area contributed by atoms with Gasteiger partial charge in [-0.3, -0.25) is 9.59 Å². The predicted octanol–water partition coefficient (Wildman–Crippen LogP) is 0.149. The summed E-state index contributed by atoms with van der Waals surface area (Å²) in [7, 11) is 1.54. The zero-order chi connectivity index (χ0) is 15.7. The molecule has 114 valence electrons. The van der Waals surface area contributed by atoms with Gasteiger partial charge in [-0.25, -0.2) is 0 Å². The van der Waals surface area contributed by atoms with E-state index in [0.717, 1.165) is 0 Å². The molecule has 0 aromatic carbocycles. The highest BCUT2D eigenvalue weighted by Gasteiger charge is 2.09.